The number of rotatable bonds is 8. The van der Waals surface area contributed by atoms with E-state index in [0.29, 0.717) is 36.3 Å². The van der Waals surface area contributed by atoms with E-state index in [2.05, 4.69) is 16.0 Å². The van der Waals surface area contributed by atoms with Crippen LogP contribution in [0.4, 0.5) is 4.79 Å². The summed E-state index contributed by atoms with van der Waals surface area (Å²) in [5.74, 6) is -0.549. The minimum Gasteiger partial charge on any atom is -0.463 e. The van der Waals surface area contributed by atoms with Crippen LogP contribution in [0.5, 0.6) is 0 Å². The summed E-state index contributed by atoms with van der Waals surface area (Å²) < 4.78 is 5.18. The highest BCUT2D eigenvalue weighted by atomic mass is 16.5. The molecule has 3 N–H and O–H groups in total. The lowest BCUT2D eigenvalue weighted by Gasteiger charge is -2.30. The summed E-state index contributed by atoms with van der Waals surface area (Å²) in [6, 6.07) is 6.62. The maximum atomic E-state index is 12.4. The van der Waals surface area contributed by atoms with Crippen LogP contribution in [0.1, 0.15) is 36.2 Å². The van der Waals surface area contributed by atoms with E-state index in [0.717, 1.165) is 5.56 Å². The van der Waals surface area contributed by atoms with E-state index in [9.17, 15) is 14.4 Å². The van der Waals surface area contributed by atoms with Crippen molar-refractivity contribution in [3.05, 3.63) is 46.7 Å². The molecule has 28 heavy (non-hydrogen) atoms. The highest BCUT2D eigenvalue weighted by molar-refractivity contribution is 5.95. The normalized spacial score (nSPS) is 16.5. The van der Waals surface area contributed by atoms with Gasteiger partial charge in [0.05, 0.1) is 18.2 Å². The Balaban J connectivity index is 2.16. The monoisotopic (exact) mass is 388 g/mol. The number of likely N-dealkylation sites (N-methyl/N-ethyl adjacent to an activating group) is 1. The van der Waals surface area contributed by atoms with Crippen molar-refractivity contribution in [3.8, 4) is 0 Å². The Morgan fingerprint density at radius 2 is 1.86 bits per heavy atom. The molecule has 1 aliphatic heterocycles. The first-order chi connectivity index (χ1) is 13.4. The average molecular weight is 388 g/mol. The molecular weight excluding hydrogens is 360 g/mol. The van der Waals surface area contributed by atoms with Crippen molar-refractivity contribution in [2.45, 2.75) is 32.9 Å². The largest absolute Gasteiger partial charge is 0.463 e. The molecular formula is C20H28N4O4. The highest BCUT2D eigenvalue weighted by Gasteiger charge is 2.31. The maximum Gasteiger partial charge on any atom is 0.337 e. The van der Waals surface area contributed by atoms with Crippen molar-refractivity contribution in [2.75, 3.05) is 27.2 Å². The Kier molecular flexibility index (Phi) is 7.57. The molecule has 1 aromatic carbocycles. The summed E-state index contributed by atoms with van der Waals surface area (Å²) in [7, 11) is 3.49. The Bertz CT molecular complexity index is 758. The number of amides is 3. The SMILES string of the molecule is CCOC(=O)C1=C(CN(C)Cc2ccc(C(=O)NC)cc2)NC(=O)N[C@@H]1CC. The summed E-state index contributed by atoms with van der Waals surface area (Å²) in [4.78, 5) is 38.0. The zero-order valence-electron chi connectivity index (χ0n) is 16.8. The van der Waals surface area contributed by atoms with Crippen LogP contribution >= 0.6 is 0 Å². The molecule has 2 rings (SSSR count). The van der Waals surface area contributed by atoms with Gasteiger partial charge in [0.2, 0.25) is 0 Å². The summed E-state index contributed by atoms with van der Waals surface area (Å²) >= 11 is 0. The summed E-state index contributed by atoms with van der Waals surface area (Å²) in [6.45, 7) is 4.91. The lowest BCUT2D eigenvalue weighted by Crippen LogP contribution is -2.51. The number of urea groups is 1. The first-order valence-electron chi connectivity index (χ1n) is 9.36. The van der Waals surface area contributed by atoms with Gasteiger partial charge >= 0.3 is 12.0 Å². The smallest absolute Gasteiger partial charge is 0.337 e. The van der Waals surface area contributed by atoms with Gasteiger partial charge in [0, 0.05) is 31.4 Å². The highest BCUT2D eigenvalue weighted by Crippen LogP contribution is 2.18. The molecule has 0 aromatic heterocycles. The Hall–Kier alpha value is -2.87. The third-order valence-electron chi connectivity index (χ3n) is 4.47. The van der Waals surface area contributed by atoms with E-state index in [4.69, 9.17) is 4.74 Å². The zero-order chi connectivity index (χ0) is 20.7. The summed E-state index contributed by atoms with van der Waals surface area (Å²) in [5.41, 5.74) is 2.63. The van der Waals surface area contributed by atoms with Gasteiger partial charge in [0.25, 0.3) is 5.91 Å². The fraction of sp³-hybridized carbons (Fsp3) is 0.450. The zero-order valence-corrected chi connectivity index (χ0v) is 16.8. The van der Waals surface area contributed by atoms with Crippen molar-refractivity contribution in [3.63, 3.8) is 0 Å². The van der Waals surface area contributed by atoms with Gasteiger partial charge < -0.3 is 20.7 Å². The van der Waals surface area contributed by atoms with Gasteiger partial charge in [-0.25, -0.2) is 9.59 Å². The molecule has 8 heteroatoms. The molecule has 152 valence electrons. The van der Waals surface area contributed by atoms with Gasteiger partial charge in [0.15, 0.2) is 0 Å². The Morgan fingerprint density at radius 3 is 2.43 bits per heavy atom. The van der Waals surface area contributed by atoms with Crippen LogP contribution < -0.4 is 16.0 Å². The van der Waals surface area contributed by atoms with Crippen molar-refractivity contribution >= 4 is 17.9 Å². The predicted molar refractivity (Wildman–Crippen MR) is 106 cm³/mol. The quantitative estimate of drug-likeness (QED) is 0.585. The number of carbonyl (C=O) groups is 3. The van der Waals surface area contributed by atoms with Gasteiger partial charge in [-0.2, -0.15) is 0 Å². The van der Waals surface area contributed by atoms with Gasteiger partial charge in [-0.15, -0.1) is 0 Å². The molecule has 1 aromatic rings. The van der Waals surface area contributed by atoms with E-state index < -0.39 is 5.97 Å². The second kappa shape index (κ2) is 9.89. The predicted octanol–water partition coefficient (Wildman–Crippen LogP) is 1.39. The Morgan fingerprint density at radius 1 is 1.18 bits per heavy atom. The van der Waals surface area contributed by atoms with Crippen molar-refractivity contribution in [1.29, 1.82) is 0 Å². The molecule has 0 fully saturated rings. The van der Waals surface area contributed by atoms with E-state index in [-0.39, 0.29) is 24.6 Å². The topological polar surface area (TPSA) is 99.8 Å². The molecule has 0 unspecified atom stereocenters. The summed E-state index contributed by atoms with van der Waals surface area (Å²) in [6.07, 6.45) is 0.593. The van der Waals surface area contributed by atoms with E-state index >= 15 is 0 Å². The molecule has 0 aliphatic carbocycles. The van der Waals surface area contributed by atoms with Crippen LogP contribution in [-0.4, -0.2) is 56.1 Å². The van der Waals surface area contributed by atoms with Gasteiger partial charge in [-0.3, -0.25) is 9.69 Å². The first kappa shape index (κ1) is 21.4. The third kappa shape index (κ3) is 5.32. The first-order valence-corrected chi connectivity index (χ1v) is 9.36. The molecule has 0 bridgehead atoms. The standard InChI is InChI=1S/C20H28N4O4/c1-5-15-17(19(26)28-6-2)16(23-20(27)22-15)12-24(4)11-13-7-9-14(10-8-13)18(25)21-3/h7-10,15H,5-6,11-12H2,1-4H3,(H,21,25)(H2,22,23,27)/t15-/m1/s1. The lowest BCUT2D eigenvalue weighted by atomic mass is 10.00. The van der Waals surface area contributed by atoms with E-state index in [1.54, 1.807) is 26.1 Å². The van der Waals surface area contributed by atoms with Crippen LogP contribution in [0.2, 0.25) is 0 Å². The number of nitrogens with one attached hydrogen (secondary N) is 3. The summed E-state index contributed by atoms with van der Waals surface area (Å²) in [5, 5.41) is 8.11. The van der Waals surface area contributed by atoms with E-state index in [1.165, 1.54) is 0 Å². The molecule has 0 saturated carbocycles. The van der Waals surface area contributed by atoms with Crippen LogP contribution in [-0.2, 0) is 16.1 Å². The van der Waals surface area contributed by atoms with Crippen molar-refractivity contribution in [2.24, 2.45) is 0 Å². The Labute approximate surface area is 165 Å². The number of esters is 1. The number of nitrogens with zero attached hydrogens (tertiary/aromatic N) is 1. The average Bonchev–Trinajstić information content (AvgIpc) is 2.67. The molecule has 0 saturated heterocycles. The minimum atomic E-state index is -0.416. The molecule has 1 atom stereocenters. The maximum absolute atomic E-state index is 12.4. The van der Waals surface area contributed by atoms with Gasteiger partial charge in [0.1, 0.15) is 0 Å². The van der Waals surface area contributed by atoms with Crippen molar-refractivity contribution in [1.82, 2.24) is 20.9 Å². The van der Waals surface area contributed by atoms with E-state index in [1.807, 2.05) is 31.0 Å². The molecule has 0 spiro atoms. The number of ether oxygens (including phenoxy) is 1. The molecule has 0 radical (unpaired) electrons. The molecule has 3 amide bonds. The van der Waals surface area contributed by atoms with Crippen LogP contribution in [0.3, 0.4) is 0 Å². The third-order valence-corrected chi connectivity index (χ3v) is 4.47. The minimum absolute atomic E-state index is 0.132. The number of hydrogen-bond acceptors (Lipinski definition) is 5. The number of benzene rings is 1. The van der Waals surface area contributed by atoms with Gasteiger partial charge in [-0.05, 0) is 38.1 Å². The second-order valence-electron chi connectivity index (χ2n) is 6.62. The van der Waals surface area contributed by atoms with Crippen LogP contribution in [0, 0.1) is 0 Å². The van der Waals surface area contributed by atoms with Crippen molar-refractivity contribution < 1.29 is 19.1 Å². The lowest BCUT2D eigenvalue weighted by molar-refractivity contribution is -0.139. The fourth-order valence-electron chi connectivity index (χ4n) is 3.13. The van der Waals surface area contributed by atoms with Crippen LogP contribution in [0.15, 0.2) is 35.5 Å². The fourth-order valence-corrected chi connectivity index (χ4v) is 3.13. The molecule has 1 aliphatic rings. The number of hydrogen-bond donors (Lipinski definition) is 3. The van der Waals surface area contributed by atoms with Gasteiger partial charge in [-0.1, -0.05) is 19.1 Å². The van der Waals surface area contributed by atoms with Crippen LogP contribution in [0.25, 0.3) is 0 Å². The second-order valence-corrected chi connectivity index (χ2v) is 6.62. The molecule has 1 heterocycles. The molecule has 8 nitrogen and oxygen atoms in total. The number of carbonyl (C=O) groups excluding carboxylic acids is 3.